The highest BCUT2D eigenvalue weighted by Crippen LogP contribution is 2.13. The Morgan fingerprint density at radius 2 is 1.94 bits per heavy atom. The second-order valence-corrected chi connectivity index (χ2v) is 6.84. The lowest BCUT2D eigenvalue weighted by Gasteiger charge is -2.31. The van der Waals surface area contributed by atoms with Crippen LogP contribution in [0.1, 0.15) is 33.1 Å². The minimum absolute atomic E-state index is 0.493. The lowest BCUT2D eigenvalue weighted by atomic mass is 10.0. The van der Waals surface area contributed by atoms with Gasteiger partial charge >= 0.3 is 0 Å². The summed E-state index contributed by atoms with van der Waals surface area (Å²) < 4.78 is 24.2. The molecule has 16 heavy (non-hydrogen) atoms. The predicted molar refractivity (Wildman–Crippen MR) is 66.9 cm³/mol. The van der Waals surface area contributed by atoms with Crippen LogP contribution >= 0.6 is 0 Å². The maximum absolute atomic E-state index is 11.3. The summed E-state index contributed by atoms with van der Waals surface area (Å²) in [7, 11) is -2.98. The van der Waals surface area contributed by atoms with E-state index in [-0.39, 0.29) is 0 Å². The number of hydrogen-bond donors (Lipinski definition) is 1. The summed E-state index contributed by atoms with van der Waals surface area (Å²) in [6.07, 6.45) is 4.35. The molecule has 0 radical (unpaired) electrons. The summed E-state index contributed by atoms with van der Waals surface area (Å²) in [5, 5.41) is 3.52. The lowest BCUT2D eigenvalue weighted by molar-refractivity contribution is 0.282. The molecule has 1 N–H and O–H groups in total. The van der Waals surface area contributed by atoms with Gasteiger partial charge in [-0.3, -0.25) is 0 Å². The molecule has 1 atom stereocenters. The first-order chi connectivity index (χ1) is 7.43. The van der Waals surface area contributed by atoms with Gasteiger partial charge in [-0.15, -0.1) is 0 Å². The Balaban J connectivity index is 2.27. The zero-order valence-electron chi connectivity index (χ0n) is 10.6. The fourth-order valence-electron chi connectivity index (χ4n) is 1.90. The van der Waals surface area contributed by atoms with Crippen molar-refractivity contribution >= 4 is 10.0 Å². The molecule has 0 saturated carbocycles. The van der Waals surface area contributed by atoms with E-state index in [0.29, 0.717) is 25.0 Å². The Hall–Kier alpha value is -0.130. The number of rotatable bonds is 5. The molecule has 1 saturated heterocycles. The molecule has 5 heteroatoms. The van der Waals surface area contributed by atoms with Crippen molar-refractivity contribution in [1.29, 1.82) is 0 Å². The molecule has 1 heterocycles. The second kappa shape index (κ2) is 5.98. The van der Waals surface area contributed by atoms with Crippen LogP contribution in [0.15, 0.2) is 0 Å². The van der Waals surface area contributed by atoms with Gasteiger partial charge in [-0.25, -0.2) is 12.7 Å². The van der Waals surface area contributed by atoms with Gasteiger partial charge < -0.3 is 5.32 Å². The zero-order chi connectivity index (χ0) is 12.2. The molecule has 0 spiro atoms. The summed E-state index contributed by atoms with van der Waals surface area (Å²) in [6.45, 7) is 6.80. The number of sulfonamides is 1. The number of piperidine rings is 1. The van der Waals surface area contributed by atoms with Gasteiger partial charge in [0.05, 0.1) is 6.26 Å². The fourth-order valence-corrected chi connectivity index (χ4v) is 2.78. The van der Waals surface area contributed by atoms with Crippen LogP contribution in [0.3, 0.4) is 0 Å². The van der Waals surface area contributed by atoms with Crippen molar-refractivity contribution in [3.05, 3.63) is 0 Å². The van der Waals surface area contributed by atoms with Gasteiger partial charge in [0.25, 0.3) is 0 Å². The van der Waals surface area contributed by atoms with Crippen LogP contribution in [0.4, 0.5) is 0 Å². The van der Waals surface area contributed by atoms with Crippen LogP contribution in [0.5, 0.6) is 0 Å². The summed E-state index contributed by atoms with van der Waals surface area (Å²) in [5.74, 6) is 0.702. The number of hydrogen-bond acceptors (Lipinski definition) is 3. The van der Waals surface area contributed by atoms with Crippen molar-refractivity contribution in [1.82, 2.24) is 9.62 Å². The van der Waals surface area contributed by atoms with Crippen molar-refractivity contribution in [2.24, 2.45) is 5.92 Å². The molecular weight excluding hydrogens is 224 g/mol. The van der Waals surface area contributed by atoms with Gasteiger partial charge in [-0.2, -0.15) is 0 Å². The van der Waals surface area contributed by atoms with Crippen molar-refractivity contribution in [3.8, 4) is 0 Å². The summed E-state index contributed by atoms with van der Waals surface area (Å²) >= 11 is 0. The maximum Gasteiger partial charge on any atom is 0.211 e. The molecule has 96 valence electrons. The van der Waals surface area contributed by atoms with Gasteiger partial charge in [0.1, 0.15) is 0 Å². The van der Waals surface area contributed by atoms with Crippen LogP contribution in [0, 0.1) is 5.92 Å². The van der Waals surface area contributed by atoms with E-state index < -0.39 is 10.0 Å². The van der Waals surface area contributed by atoms with Crippen molar-refractivity contribution in [3.63, 3.8) is 0 Å². The van der Waals surface area contributed by atoms with E-state index in [2.05, 4.69) is 19.2 Å². The first-order valence-electron chi connectivity index (χ1n) is 6.12. The molecule has 0 aromatic rings. The minimum atomic E-state index is -2.98. The molecule has 0 aromatic carbocycles. The Bertz CT molecular complexity index is 295. The maximum atomic E-state index is 11.3. The summed E-state index contributed by atoms with van der Waals surface area (Å²) in [4.78, 5) is 0. The van der Waals surface area contributed by atoms with E-state index in [4.69, 9.17) is 0 Å². The fraction of sp³-hybridized carbons (Fsp3) is 1.00. The molecular formula is C11H24N2O2S. The molecule has 1 aliphatic heterocycles. The SMILES string of the molecule is CCC(C)CNC1CCN(S(C)(=O)=O)CC1. The first-order valence-corrected chi connectivity index (χ1v) is 7.96. The van der Waals surface area contributed by atoms with Gasteiger partial charge in [0.15, 0.2) is 0 Å². The van der Waals surface area contributed by atoms with Gasteiger partial charge in [-0.05, 0) is 25.3 Å². The van der Waals surface area contributed by atoms with Crippen molar-refractivity contribution in [2.45, 2.75) is 39.2 Å². The van der Waals surface area contributed by atoms with Gasteiger partial charge in [-0.1, -0.05) is 20.3 Å². The smallest absolute Gasteiger partial charge is 0.211 e. The average Bonchev–Trinajstić information content (AvgIpc) is 2.25. The predicted octanol–water partition coefficient (Wildman–Crippen LogP) is 1.05. The molecule has 4 nitrogen and oxygen atoms in total. The molecule has 0 amide bonds. The van der Waals surface area contributed by atoms with E-state index in [0.717, 1.165) is 19.4 Å². The molecule has 0 aliphatic carbocycles. The monoisotopic (exact) mass is 248 g/mol. The van der Waals surface area contributed by atoms with Crippen molar-refractivity contribution in [2.75, 3.05) is 25.9 Å². The summed E-state index contributed by atoms with van der Waals surface area (Å²) in [6, 6.07) is 0.493. The molecule has 1 aliphatic rings. The average molecular weight is 248 g/mol. The quantitative estimate of drug-likeness (QED) is 0.791. The van der Waals surface area contributed by atoms with Gasteiger partial charge in [0, 0.05) is 19.1 Å². The molecule has 0 aromatic heterocycles. The van der Waals surface area contributed by atoms with Crippen LogP contribution in [-0.2, 0) is 10.0 Å². The third kappa shape index (κ3) is 4.39. The van der Waals surface area contributed by atoms with Crippen molar-refractivity contribution < 1.29 is 8.42 Å². The van der Waals surface area contributed by atoms with E-state index >= 15 is 0 Å². The molecule has 0 bridgehead atoms. The Kier molecular flexibility index (Phi) is 5.21. The van der Waals surface area contributed by atoms with E-state index in [9.17, 15) is 8.42 Å². The first kappa shape index (κ1) is 13.9. The Morgan fingerprint density at radius 3 is 2.38 bits per heavy atom. The minimum Gasteiger partial charge on any atom is -0.314 e. The molecule has 1 fully saturated rings. The number of nitrogens with zero attached hydrogens (tertiary/aromatic N) is 1. The topological polar surface area (TPSA) is 49.4 Å². The van der Waals surface area contributed by atoms with Crippen LogP contribution in [0.25, 0.3) is 0 Å². The summed E-state index contributed by atoms with van der Waals surface area (Å²) in [5.41, 5.74) is 0. The second-order valence-electron chi connectivity index (χ2n) is 4.86. The normalized spacial score (nSPS) is 22.2. The zero-order valence-corrected chi connectivity index (χ0v) is 11.4. The number of nitrogens with one attached hydrogen (secondary N) is 1. The van der Waals surface area contributed by atoms with Crippen LogP contribution in [-0.4, -0.2) is 44.7 Å². The molecule has 1 rings (SSSR count). The third-order valence-corrected chi connectivity index (χ3v) is 4.68. The van der Waals surface area contributed by atoms with E-state index in [1.807, 2.05) is 0 Å². The lowest BCUT2D eigenvalue weighted by Crippen LogP contribution is -2.45. The Morgan fingerprint density at radius 1 is 1.38 bits per heavy atom. The largest absolute Gasteiger partial charge is 0.314 e. The highest BCUT2D eigenvalue weighted by atomic mass is 32.2. The molecule has 1 unspecified atom stereocenters. The van der Waals surface area contributed by atoms with E-state index in [1.165, 1.54) is 12.7 Å². The van der Waals surface area contributed by atoms with Gasteiger partial charge in [0.2, 0.25) is 10.0 Å². The van der Waals surface area contributed by atoms with E-state index in [1.54, 1.807) is 4.31 Å². The highest BCUT2D eigenvalue weighted by Gasteiger charge is 2.24. The van der Waals surface area contributed by atoms with Crippen LogP contribution in [0.2, 0.25) is 0 Å². The third-order valence-electron chi connectivity index (χ3n) is 3.37. The standard InChI is InChI=1S/C11H24N2O2S/c1-4-10(2)9-12-11-5-7-13(8-6-11)16(3,14)15/h10-12H,4-9H2,1-3H3. The highest BCUT2D eigenvalue weighted by molar-refractivity contribution is 7.88. The van der Waals surface area contributed by atoms with Crippen LogP contribution < -0.4 is 5.32 Å². The Labute approximate surface area is 99.5 Å².